The third-order valence-electron chi connectivity index (χ3n) is 4.98. The summed E-state index contributed by atoms with van der Waals surface area (Å²) in [6.07, 6.45) is 5.55. The average molecular weight is 302 g/mol. The fraction of sp³-hybridized carbons (Fsp3) is 0.238. The van der Waals surface area contributed by atoms with Gasteiger partial charge in [0, 0.05) is 54.7 Å². The molecule has 0 saturated heterocycles. The van der Waals surface area contributed by atoms with Crippen molar-refractivity contribution >= 4 is 21.8 Å². The Hall–Kier alpha value is -2.48. The molecule has 0 bridgehead atoms. The van der Waals surface area contributed by atoms with Gasteiger partial charge in [0.1, 0.15) is 0 Å². The molecular formula is C21H22N2. The highest BCUT2D eigenvalue weighted by atomic mass is 14.9. The lowest BCUT2D eigenvalue weighted by molar-refractivity contribution is 0.948. The Morgan fingerprint density at radius 3 is 1.57 bits per heavy atom. The maximum atomic E-state index is 2.29. The molecule has 0 aliphatic carbocycles. The van der Waals surface area contributed by atoms with E-state index in [1.54, 1.807) is 0 Å². The summed E-state index contributed by atoms with van der Waals surface area (Å²) in [5.74, 6) is 0. The van der Waals surface area contributed by atoms with E-state index < -0.39 is 0 Å². The van der Waals surface area contributed by atoms with E-state index in [2.05, 4.69) is 85.9 Å². The number of aromatic nitrogens is 2. The number of hydrogen-bond donors (Lipinski definition) is 0. The highest BCUT2D eigenvalue weighted by Gasteiger charge is 2.13. The molecule has 4 aromatic rings. The maximum Gasteiger partial charge on any atom is 0.0483 e. The summed E-state index contributed by atoms with van der Waals surface area (Å²) in [5.41, 5.74) is 8.17. The van der Waals surface area contributed by atoms with E-state index in [0.717, 1.165) is 6.42 Å². The summed E-state index contributed by atoms with van der Waals surface area (Å²) >= 11 is 0. The van der Waals surface area contributed by atoms with Crippen molar-refractivity contribution in [2.45, 2.75) is 20.3 Å². The smallest absolute Gasteiger partial charge is 0.0483 e. The molecule has 116 valence electrons. The molecule has 0 aliphatic rings. The molecule has 0 atom stereocenters. The minimum absolute atomic E-state index is 0.977. The van der Waals surface area contributed by atoms with Gasteiger partial charge in [-0.05, 0) is 48.2 Å². The van der Waals surface area contributed by atoms with Crippen LogP contribution in [0, 0.1) is 13.8 Å². The van der Waals surface area contributed by atoms with Gasteiger partial charge in [0.15, 0.2) is 0 Å². The maximum absolute atomic E-state index is 2.29. The van der Waals surface area contributed by atoms with Crippen LogP contribution in [0.1, 0.15) is 22.3 Å². The Kier molecular flexibility index (Phi) is 3.08. The van der Waals surface area contributed by atoms with E-state index >= 15 is 0 Å². The zero-order valence-electron chi connectivity index (χ0n) is 14.2. The van der Waals surface area contributed by atoms with Gasteiger partial charge in [0.25, 0.3) is 0 Å². The highest BCUT2D eigenvalue weighted by molar-refractivity contribution is 5.90. The van der Waals surface area contributed by atoms with E-state index in [1.807, 2.05) is 0 Å². The van der Waals surface area contributed by atoms with E-state index in [1.165, 1.54) is 44.1 Å². The lowest BCUT2D eigenvalue weighted by Crippen LogP contribution is -1.88. The van der Waals surface area contributed by atoms with Crippen molar-refractivity contribution in [3.05, 3.63) is 71.0 Å². The molecule has 2 heteroatoms. The molecule has 0 fully saturated rings. The van der Waals surface area contributed by atoms with Crippen LogP contribution in [0.15, 0.2) is 48.8 Å². The van der Waals surface area contributed by atoms with Crippen LogP contribution >= 0.6 is 0 Å². The molecule has 0 unspecified atom stereocenters. The van der Waals surface area contributed by atoms with Gasteiger partial charge >= 0.3 is 0 Å². The van der Waals surface area contributed by atoms with Crippen molar-refractivity contribution in [1.82, 2.24) is 9.13 Å². The summed E-state index contributed by atoms with van der Waals surface area (Å²) in [6.45, 7) is 4.42. The number of aryl methyl sites for hydroxylation is 4. The lowest BCUT2D eigenvalue weighted by atomic mass is 9.99. The molecule has 0 saturated carbocycles. The van der Waals surface area contributed by atoms with E-state index in [-0.39, 0.29) is 0 Å². The molecular weight excluding hydrogens is 280 g/mol. The fourth-order valence-electron chi connectivity index (χ4n) is 3.94. The van der Waals surface area contributed by atoms with Crippen LogP contribution in [0.25, 0.3) is 21.8 Å². The predicted octanol–water partition coefficient (Wildman–Crippen LogP) is 4.88. The zero-order valence-corrected chi connectivity index (χ0v) is 14.2. The number of benzene rings is 2. The summed E-state index contributed by atoms with van der Waals surface area (Å²) < 4.78 is 4.49. The van der Waals surface area contributed by atoms with Gasteiger partial charge in [-0.2, -0.15) is 0 Å². The van der Waals surface area contributed by atoms with Crippen LogP contribution in [0.5, 0.6) is 0 Å². The molecule has 0 radical (unpaired) electrons. The van der Waals surface area contributed by atoms with Crippen molar-refractivity contribution in [3.63, 3.8) is 0 Å². The molecule has 2 nitrogen and oxygen atoms in total. The van der Waals surface area contributed by atoms with Gasteiger partial charge in [-0.15, -0.1) is 0 Å². The average Bonchev–Trinajstić information content (AvgIpc) is 3.00. The van der Waals surface area contributed by atoms with Gasteiger partial charge < -0.3 is 9.13 Å². The van der Waals surface area contributed by atoms with E-state index in [0.29, 0.717) is 0 Å². The van der Waals surface area contributed by atoms with Gasteiger partial charge in [0.05, 0.1) is 0 Å². The van der Waals surface area contributed by atoms with Crippen LogP contribution in [-0.4, -0.2) is 9.13 Å². The van der Waals surface area contributed by atoms with E-state index in [9.17, 15) is 0 Å². The minimum atomic E-state index is 0.977. The first kappa shape index (κ1) is 14.1. The Morgan fingerprint density at radius 2 is 1.13 bits per heavy atom. The summed E-state index contributed by atoms with van der Waals surface area (Å²) in [6, 6.07) is 13.1. The molecule has 23 heavy (non-hydrogen) atoms. The van der Waals surface area contributed by atoms with Gasteiger partial charge in [-0.25, -0.2) is 0 Å². The monoisotopic (exact) mass is 302 g/mol. The third-order valence-corrected chi connectivity index (χ3v) is 4.98. The first-order valence-electron chi connectivity index (χ1n) is 8.13. The van der Waals surface area contributed by atoms with Gasteiger partial charge in [-0.3, -0.25) is 0 Å². The van der Waals surface area contributed by atoms with Crippen molar-refractivity contribution < 1.29 is 0 Å². The van der Waals surface area contributed by atoms with Crippen LogP contribution in [0.4, 0.5) is 0 Å². The van der Waals surface area contributed by atoms with Crippen LogP contribution < -0.4 is 0 Å². The van der Waals surface area contributed by atoms with Crippen molar-refractivity contribution in [2.75, 3.05) is 0 Å². The van der Waals surface area contributed by atoms with Gasteiger partial charge in [-0.1, -0.05) is 24.3 Å². The van der Waals surface area contributed by atoms with Crippen molar-refractivity contribution in [3.8, 4) is 0 Å². The second-order valence-electron chi connectivity index (χ2n) is 6.65. The van der Waals surface area contributed by atoms with Crippen molar-refractivity contribution in [2.24, 2.45) is 14.1 Å². The molecule has 0 spiro atoms. The molecule has 0 amide bonds. The first-order chi connectivity index (χ1) is 11.1. The minimum Gasteiger partial charge on any atom is -0.350 e. The second kappa shape index (κ2) is 5.02. The number of rotatable bonds is 2. The number of nitrogens with zero attached hydrogens (tertiary/aromatic N) is 2. The van der Waals surface area contributed by atoms with Gasteiger partial charge in [0.2, 0.25) is 0 Å². The molecule has 2 heterocycles. The summed E-state index contributed by atoms with van der Waals surface area (Å²) in [7, 11) is 4.28. The molecule has 2 aromatic carbocycles. The molecule has 2 aromatic heterocycles. The second-order valence-corrected chi connectivity index (χ2v) is 6.65. The summed E-state index contributed by atoms with van der Waals surface area (Å²) in [5, 5.41) is 2.81. The number of hydrogen-bond acceptors (Lipinski definition) is 0. The lowest BCUT2D eigenvalue weighted by Gasteiger charge is -2.03. The van der Waals surface area contributed by atoms with E-state index in [4.69, 9.17) is 0 Å². The molecule has 0 aliphatic heterocycles. The largest absolute Gasteiger partial charge is 0.350 e. The standard InChI is InChI=1S/C21H22N2/c1-14-7-5-9-18-20(14)16(12-22(18)3)11-17-13-23(4)19-10-6-8-15(2)21(17)19/h5-10,12-13H,11H2,1-4H3. The van der Waals surface area contributed by atoms with Crippen LogP contribution in [0.3, 0.4) is 0 Å². The Morgan fingerprint density at radius 1 is 0.696 bits per heavy atom. The Bertz CT molecular complexity index is 947. The first-order valence-corrected chi connectivity index (χ1v) is 8.13. The quantitative estimate of drug-likeness (QED) is 0.499. The SMILES string of the molecule is Cc1cccc2c1c(Cc1cn(C)c3cccc(C)c13)cn2C. The normalized spacial score (nSPS) is 11.7. The van der Waals surface area contributed by atoms with Crippen molar-refractivity contribution in [1.29, 1.82) is 0 Å². The number of fused-ring (bicyclic) bond motifs is 2. The zero-order chi connectivity index (χ0) is 16.1. The summed E-state index contributed by atoms with van der Waals surface area (Å²) in [4.78, 5) is 0. The fourth-order valence-corrected chi connectivity index (χ4v) is 3.94. The third kappa shape index (κ3) is 2.09. The Labute approximate surface area is 137 Å². The molecule has 4 rings (SSSR count). The highest BCUT2D eigenvalue weighted by Crippen LogP contribution is 2.30. The Balaban J connectivity index is 1.93. The molecule has 0 N–H and O–H groups in total. The predicted molar refractivity (Wildman–Crippen MR) is 98.1 cm³/mol. The topological polar surface area (TPSA) is 9.86 Å². The van der Waals surface area contributed by atoms with Crippen LogP contribution in [0.2, 0.25) is 0 Å². The van der Waals surface area contributed by atoms with Crippen LogP contribution in [-0.2, 0) is 20.5 Å².